The average molecular weight is 260 g/mol. The molecular weight excluding hydrogens is 242 g/mol. The van der Waals surface area contributed by atoms with Gasteiger partial charge in [0.15, 0.2) is 0 Å². The van der Waals surface area contributed by atoms with Crippen molar-refractivity contribution < 1.29 is 18.3 Å². The predicted molar refractivity (Wildman–Crippen MR) is 62.7 cm³/mol. The summed E-state index contributed by atoms with van der Waals surface area (Å²) in [6.07, 6.45) is 0. The van der Waals surface area contributed by atoms with E-state index < -0.39 is 11.6 Å². The zero-order valence-electron chi connectivity index (χ0n) is 11.3. The third kappa shape index (κ3) is 4.18. The van der Waals surface area contributed by atoms with E-state index in [2.05, 4.69) is 10.2 Å². The van der Waals surface area contributed by atoms with Crippen molar-refractivity contribution in [2.24, 2.45) is 0 Å². The number of methoxy groups -OCH3 is 1. The molecule has 0 bridgehead atoms. The smallest absolute Gasteiger partial charge is 0.288 e. The van der Waals surface area contributed by atoms with Gasteiger partial charge in [-0.15, -0.1) is 10.2 Å². The van der Waals surface area contributed by atoms with Crippen LogP contribution in [-0.2, 0) is 17.3 Å². The molecule has 0 aliphatic rings. The van der Waals surface area contributed by atoms with Crippen LogP contribution in [0.3, 0.4) is 0 Å². The van der Waals surface area contributed by atoms with Crippen LogP contribution >= 0.6 is 0 Å². The van der Waals surface area contributed by atoms with Crippen LogP contribution in [0.15, 0.2) is 6.07 Å². The molecule has 0 spiro atoms. The molecule has 0 fully saturated rings. The topological polar surface area (TPSA) is 44.2 Å². The molecule has 0 unspecified atom stereocenters. The Kier molecular flexibility index (Phi) is 4.21. The molecule has 6 heteroatoms. The van der Waals surface area contributed by atoms with E-state index in [9.17, 15) is 8.78 Å². The van der Waals surface area contributed by atoms with E-state index in [1.54, 1.807) is 0 Å². The van der Waals surface area contributed by atoms with Gasteiger partial charge >= 0.3 is 0 Å². The summed E-state index contributed by atoms with van der Waals surface area (Å²) in [5, 5.41) is 7.08. The van der Waals surface area contributed by atoms with Gasteiger partial charge in [0.25, 0.3) is 5.92 Å². The van der Waals surface area contributed by atoms with Gasteiger partial charge in [0.1, 0.15) is 5.69 Å². The molecule has 1 rings (SSSR count). The van der Waals surface area contributed by atoms with E-state index in [-0.39, 0.29) is 18.1 Å². The maximum absolute atomic E-state index is 13.2. The van der Waals surface area contributed by atoms with Crippen molar-refractivity contribution in [3.05, 3.63) is 17.3 Å². The molecule has 102 valence electrons. The standard InChI is InChI=1S/C12H18F2N2O2/c1-11(2,3)18-7-8-6-9(12(4,13)14)15-16-10(8)17-5/h6H,7H2,1-5H3. The molecule has 18 heavy (non-hydrogen) atoms. The van der Waals surface area contributed by atoms with Gasteiger partial charge < -0.3 is 9.47 Å². The van der Waals surface area contributed by atoms with Gasteiger partial charge in [0.05, 0.1) is 19.3 Å². The monoisotopic (exact) mass is 260 g/mol. The minimum absolute atomic E-state index is 0.144. The normalized spacial score (nSPS) is 12.6. The Morgan fingerprint density at radius 1 is 1.17 bits per heavy atom. The Morgan fingerprint density at radius 2 is 1.78 bits per heavy atom. The molecule has 1 heterocycles. The Bertz CT molecular complexity index is 412. The number of halogens is 2. The first kappa shape index (κ1) is 14.8. The minimum Gasteiger partial charge on any atom is -0.480 e. The summed E-state index contributed by atoms with van der Waals surface area (Å²) in [5.41, 5.74) is -0.307. The van der Waals surface area contributed by atoms with Crippen molar-refractivity contribution >= 4 is 0 Å². The third-order valence-corrected chi connectivity index (χ3v) is 2.14. The van der Waals surface area contributed by atoms with Gasteiger partial charge in [-0.05, 0) is 26.8 Å². The van der Waals surface area contributed by atoms with Crippen molar-refractivity contribution in [3.8, 4) is 5.88 Å². The zero-order chi connectivity index (χ0) is 14.0. The highest BCUT2D eigenvalue weighted by Gasteiger charge is 2.28. The summed E-state index contributed by atoms with van der Waals surface area (Å²) in [5.74, 6) is -2.83. The zero-order valence-corrected chi connectivity index (χ0v) is 11.3. The lowest BCUT2D eigenvalue weighted by molar-refractivity contribution is -0.0167. The van der Waals surface area contributed by atoms with Crippen molar-refractivity contribution in [3.63, 3.8) is 0 Å². The maximum Gasteiger partial charge on any atom is 0.288 e. The lowest BCUT2D eigenvalue weighted by atomic mass is 10.1. The van der Waals surface area contributed by atoms with Gasteiger partial charge in [-0.2, -0.15) is 8.78 Å². The first-order valence-electron chi connectivity index (χ1n) is 5.56. The Balaban J connectivity index is 3.00. The first-order chi connectivity index (χ1) is 8.13. The van der Waals surface area contributed by atoms with Gasteiger partial charge in [0.2, 0.25) is 5.88 Å². The number of nitrogens with zero attached hydrogens (tertiary/aromatic N) is 2. The number of hydrogen-bond acceptors (Lipinski definition) is 4. The van der Waals surface area contributed by atoms with Gasteiger partial charge in [-0.25, -0.2) is 0 Å². The predicted octanol–water partition coefficient (Wildman–Crippen LogP) is 2.91. The molecule has 0 aliphatic carbocycles. The van der Waals surface area contributed by atoms with Gasteiger partial charge in [0, 0.05) is 12.5 Å². The van der Waals surface area contributed by atoms with Crippen LogP contribution in [0.4, 0.5) is 8.78 Å². The second-order valence-electron chi connectivity index (χ2n) is 5.05. The Hall–Kier alpha value is -1.30. The molecule has 0 aromatic carbocycles. The maximum atomic E-state index is 13.2. The van der Waals surface area contributed by atoms with E-state index in [0.29, 0.717) is 5.56 Å². The van der Waals surface area contributed by atoms with Gasteiger partial charge in [-0.3, -0.25) is 0 Å². The molecule has 4 nitrogen and oxygen atoms in total. The molecule has 0 saturated heterocycles. The minimum atomic E-state index is -3.03. The summed E-state index contributed by atoms with van der Waals surface area (Å²) in [6, 6.07) is 1.26. The first-order valence-corrected chi connectivity index (χ1v) is 5.56. The molecule has 0 amide bonds. The van der Waals surface area contributed by atoms with E-state index in [0.717, 1.165) is 6.92 Å². The molecule has 1 aromatic rings. The largest absolute Gasteiger partial charge is 0.480 e. The summed E-state index contributed by atoms with van der Waals surface area (Å²) in [4.78, 5) is 0. The molecule has 0 atom stereocenters. The average Bonchev–Trinajstić information content (AvgIpc) is 2.23. The lowest BCUT2D eigenvalue weighted by Gasteiger charge is -2.20. The summed E-state index contributed by atoms with van der Waals surface area (Å²) < 4.78 is 36.8. The lowest BCUT2D eigenvalue weighted by Crippen LogP contribution is -2.20. The highest BCUT2D eigenvalue weighted by Crippen LogP contribution is 2.28. The van der Waals surface area contributed by atoms with Crippen LogP contribution in [0.5, 0.6) is 5.88 Å². The highest BCUT2D eigenvalue weighted by atomic mass is 19.3. The highest BCUT2D eigenvalue weighted by molar-refractivity contribution is 5.27. The van der Waals surface area contributed by atoms with Crippen LogP contribution in [0.25, 0.3) is 0 Å². The number of hydrogen-bond donors (Lipinski definition) is 0. The quantitative estimate of drug-likeness (QED) is 0.835. The molecule has 0 saturated carbocycles. The van der Waals surface area contributed by atoms with Crippen molar-refractivity contribution in [1.82, 2.24) is 10.2 Å². The van der Waals surface area contributed by atoms with Crippen LogP contribution in [0.1, 0.15) is 39.0 Å². The van der Waals surface area contributed by atoms with Crippen LogP contribution in [0.2, 0.25) is 0 Å². The Morgan fingerprint density at radius 3 is 2.22 bits per heavy atom. The molecule has 0 radical (unpaired) electrons. The summed E-state index contributed by atoms with van der Waals surface area (Å²) >= 11 is 0. The fourth-order valence-corrected chi connectivity index (χ4v) is 1.20. The second-order valence-corrected chi connectivity index (χ2v) is 5.05. The van der Waals surface area contributed by atoms with Crippen LogP contribution < -0.4 is 4.74 Å². The van der Waals surface area contributed by atoms with Crippen LogP contribution in [-0.4, -0.2) is 22.9 Å². The molecule has 1 aromatic heterocycles. The van der Waals surface area contributed by atoms with Crippen molar-refractivity contribution in [2.75, 3.05) is 7.11 Å². The van der Waals surface area contributed by atoms with Crippen molar-refractivity contribution in [1.29, 1.82) is 0 Å². The fourth-order valence-electron chi connectivity index (χ4n) is 1.20. The third-order valence-electron chi connectivity index (χ3n) is 2.14. The fraction of sp³-hybridized carbons (Fsp3) is 0.667. The SMILES string of the molecule is COc1nnc(C(C)(F)F)cc1COC(C)(C)C. The number of alkyl halides is 2. The van der Waals surface area contributed by atoms with Gasteiger partial charge in [-0.1, -0.05) is 0 Å². The summed E-state index contributed by atoms with van der Waals surface area (Å²) in [7, 11) is 1.41. The van der Waals surface area contributed by atoms with E-state index >= 15 is 0 Å². The Labute approximate surface area is 105 Å². The molecule has 0 N–H and O–H groups in total. The summed E-state index contributed by atoms with van der Waals surface area (Å²) in [6.45, 7) is 6.56. The molecular formula is C12H18F2N2O2. The van der Waals surface area contributed by atoms with E-state index in [1.165, 1.54) is 13.2 Å². The second kappa shape index (κ2) is 5.14. The van der Waals surface area contributed by atoms with E-state index in [4.69, 9.17) is 9.47 Å². The number of rotatable bonds is 4. The molecule has 0 aliphatic heterocycles. The number of aromatic nitrogens is 2. The van der Waals surface area contributed by atoms with Crippen LogP contribution in [0, 0.1) is 0 Å². The number of ether oxygens (including phenoxy) is 2. The van der Waals surface area contributed by atoms with E-state index in [1.807, 2.05) is 20.8 Å². The van der Waals surface area contributed by atoms with Crippen molar-refractivity contribution in [2.45, 2.75) is 45.8 Å².